The first kappa shape index (κ1) is 14.0. The fourth-order valence-corrected chi connectivity index (χ4v) is 2.42. The van der Waals surface area contributed by atoms with Crippen LogP contribution in [0.5, 0.6) is 0 Å². The second kappa shape index (κ2) is 6.64. The fraction of sp³-hybridized carbons (Fsp3) is 0.438. The Morgan fingerprint density at radius 1 is 1.26 bits per heavy atom. The maximum Gasteiger partial charge on any atom is 0.0741 e. The number of hydrogen-bond donors (Lipinski definition) is 1. The minimum Gasteiger partial charge on any atom is -0.377 e. The van der Waals surface area contributed by atoms with E-state index in [2.05, 4.69) is 48.4 Å². The lowest BCUT2D eigenvalue weighted by molar-refractivity contribution is 0.0477. The van der Waals surface area contributed by atoms with E-state index >= 15 is 0 Å². The van der Waals surface area contributed by atoms with Crippen LogP contribution in [-0.4, -0.2) is 24.2 Å². The number of benzene rings is 1. The molecule has 0 amide bonds. The van der Waals surface area contributed by atoms with Crippen molar-refractivity contribution in [2.45, 2.75) is 32.9 Å². The molecule has 2 aromatic rings. The van der Waals surface area contributed by atoms with E-state index in [0.29, 0.717) is 0 Å². The molecule has 2 unspecified atom stereocenters. The van der Waals surface area contributed by atoms with Crippen molar-refractivity contribution in [1.29, 1.82) is 0 Å². The average Bonchev–Trinajstić information content (AvgIpc) is 2.44. The van der Waals surface area contributed by atoms with Gasteiger partial charge in [0.05, 0.1) is 17.7 Å². The molecule has 0 aliphatic carbocycles. The Morgan fingerprint density at radius 2 is 2.11 bits per heavy atom. The molecule has 2 rings (SSSR count). The van der Waals surface area contributed by atoms with Crippen LogP contribution in [0.3, 0.4) is 0 Å². The number of fused-ring (bicyclic) bond motifs is 1. The molecule has 0 fully saturated rings. The Hall–Kier alpha value is -1.45. The van der Waals surface area contributed by atoms with Crippen LogP contribution in [0.4, 0.5) is 0 Å². The predicted octanol–water partition coefficient (Wildman–Crippen LogP) is 3.31. The zero-order valence-electron chi connectivity index (χ0n) is 11.9. The Kier molecular flexibility index (Phi) is 4.88. The summed E-state index contributed by atoms with van der Waals surface area (Å²) in [6, 6.07) is 10.7. The Balaban J connectivity index is 2.32. The highest BCUT2D eigenvalue weighted by Crippen LogP contribution is 2.23. The molecule has 0 bridgehead atoms. The first-order valence-electron chi connectivity index (χ1n) is 6.96. The predicted molar refractivity (Wildman–Crippen MR) is 79.2 cm³/mol. The van der Waals surface area contributed by atoms with Crippen LogP contribution in [0.2, 0.25) is 0 Å². The molecule has 0 spiro atoms. The molecule has 0 saturated carbocycles. The molecule has 1 heterocycles. The number of aromatic nitrogens is 1. The smallest absolute Gasteiger partial charge is 0.0741 e. The van der Waals surface area contributed by atoms with Crippen molar-refractivity contribution in [3.8, 4) is 0 Å². The van der Waals surface area contributed by atoms with Crippen LogP contribution in [0.1, 0.15) is 32.4 Å². The van der Waals surface area contributed by atoms with E-state index in [0.717, 1.165) is 18.7 Å². The molecule has 1 aromatic heterocycles. The van der Waals surface area contributed by atoms with Crippen molar-refractivity contribution >= 4 is 10.9 Å². The molecule has 0 radical (unpaired) electrons. The quantitative estimate of drug-likeness (QED) is 0.863. The lowest BCUT2D eigenvalue weighted by Gasteiger charge is -2.25. The van der Waals surface area contributed by atoms with Gasteiger partial charge in [-0.05, 0) is 44.2 Å². The number of rotatable bonds is 6. The second-order valence-electron chi connectivity index (χ2n) is 4.65. The van der Waals surface area contributed by atoms with Crippen molar-refractivity contribution in [2.24, 2.45) is 0 Å². The van der Waals surface area contributed by atoms with Gasteiger partial charge in [-0.1, -0.05) is 19.1 Å². The molecule has 0 saturated heterocycles. The van der Waals surface area contributed by atoms with Gasteiger partial charge in [-0.25, -0.2) is 0 Å². The van der Waals surface area contributed by atoms with Gasteiger partial charge >= 0.3 is 0 Å². The molecule has 1 N–H and O–H groups in total. The van der Waals surface area contributed by atoms with E-state index in [9.17, 15) is 0 Å². The number of nitrogens with zero attached hydrogens (tertiary/aromatic N) is 1. The minimum atomic E-state index is 0.152. The first-order valence-corrected chi connectivity index (χ1v) is 6.96. The summed E-state index contributed by atoms with van der Waals surface area (Å²) in [5, 5.41) is 4.68. The Morgan fingerprint density at radius 3 is 2.84 bits per heavy atom. The van der Waals surface area contributed by atoms with Gasteiger partial charge in [0.2, 0.25) is 0 Å². The van der Waals surface area contributed by atoms with Gasteiger partial charge in [-0.3, -0.25) is 4.98 Å². The summed E-state index contributed by atoms with van der Waals surface area (Å²) in [6.45, 7) is 7.92. The van der Waals surface area contributed by atoms with Crippen LogP contribution in [-0.2, 0) is 4.74 Å². The normalized spacial score (nSPS) is 14.5. The van der Waals surface area contributed by atoms with E-state index in [1.807, 2.05) is 19.2 Å². The zero-order chi connectivity index (χ0) is 13.7. The average molecular weight is 258 g/mol. The summed E-state index contributed by atoms with van der Waals surface area (Å²) >= 11 is 0. The zero-order valence-corrected chi connectivity index (χ0v) is 11.9. The summed E-state index contributed by atoms with van der Waals surface area (Å²) in [7, 11) is 0. The number of hydrogen-bond acceptors (Lipinski definition) is 3. The molecule has 1 aromatic carbocycles. The van der Waals surface area contributed by atoms with E-state index < -0.39 is 0 Å². The SMILES string of the molecule is CCNC(c1ccc2ncccc2c1)C(C)OCC. The molecule has 3 nitrogen and oxygen atoms in total. The first-order chi connectivity index (χ1) is 9.26. The number of ether oxygens (including phenoxy) is 1. The van der Waals surface area contributed by atoms with Gasteiger partial charge in [-0.2, -0.15) is 0 Å². The van der Waals surface area contributed by atoms with E-state index in [1.54, 1.807) is 0 Å². The third-order valence-corrected chi connectivity index (χ3v) is 3.31. The molecule has 19 heavy (non-hydrogen) atoms. The minimum absolute atomic E-state index is 0.152. The molecule has 102 valence electrons. The molecule has 3 heteroatoms. The summed E-state index contributed by atoms with van der Waals surface area (Å²) in [4.78, 5) is 4.36. The van der Waals surface area contributed by atoms with Crippen molar-refractivity contribution in [1.82, 2.24) is 10.3 Å². The van der Waals surface area contributed by atoms with Crippen LogP contribution >= 0.6 is 0 Å². The largest absolute Gasteiger partial charge is 0.377 e. The van der Waals surface area contributed by atoms with Crippen LogP contribution in [0, 0.1) is 0 Å². The topological polar surface area (TPSA) is 34.2 Å². The van der Waals surface area contributed by atoms with Crippen LogP contribution in [0.15, 0.2) is 36.5 Å². The van der Waals surface area contributed by atoms with Crippen LogP contribution < -0.4 is 5.32 Å². The molecule has 0 aliphatic rings. The lowest BCUT2D eigenvalue weighted by atomic mass is 10.00. The number of pyridine rings is 1. The standard InChI is InChI=1S/C16H22N2O/c1-4-17-16(12(3)19-5-2)14-8-9-15-13(11-14)7-6-10-18-15/h6-12,16-17H,4-5H2,1-3H3. The van der Waals surface area contributed by atoms with Gasteiger partial charge in [0, 0.05) is 18.2 Å². The highest BCUT2D eigenvalue weighted by molar-refractivity contribution is 5.79. The summed E-state index contributed by atoms with van der Waals surface area (Å²) in [6.07, 6.45) is 1.98. The molecule has 2 atom stereocenters. The van der Waals surface area contributed by atoms with E-state index in [-0.39, 0.29) is 12.1 Å². The monoisotopic (exact) mass is 258 g/mol. The van der Waals surface area contributed by atoms with Crippen molar-refractivity contribution in [2.75, 3.05) is 13.2 Å². The summed E-state index contributed by atoms with van der Waals surface area (Å²) in [5.74, 6) is 0. The highest BCUT2D eigenvalue weighted by atomic mass is 16.5. The van der Waals surface area contributed by atoms with Gasteiger partial charge in [0.1, 0.15) is 0 Å². The summed E-state index contributed by atoms with van der Waals surface area (Å²) in [5.41, 5.74) is 2.29. The van der Waals surface area contributed by atoms with Crippen molar-refractivity contribution in [3.63, 3.8) is 0 Å². The number of likely N-dealkylation sites (N-methyl/N-ethyl adjacent to an activating group) is 1. The van der Waals surface area contributed by atoms with Gasteiger partial charge in [-0.15, -0.1) is 0 Å². The molecular weight excluding hydrogens is 236 g/mol. The van der Waals surface area contributed by atoms with Gasteiger partial charge in [0.15, 0.2) is 0 Å². The second-order valence-corrected chi connectivity index (χ2v) is 4.65. The van der Waals surface area contributed by atoms with Gasteiger partial charge < -0.3 is 10.1 Å². The maximum absolute atomic E-state index is 5.74. The van der Waals surface area contributed by atoms with E-state index in [4.69, 9.17) is 4.74 Å². The summed E-state index contributed by atoms with van der Waals surface area (Å²) < 4.78 is 5.74. The maximum atomic E-state index is 5.74. The highest BCUT2D eigenvalue weighted by Gasteiger charge is 2.18. The van der Waals surface area contributed by atoms with Gasteiger partial charge in [0.25, 0.3) is 0 Å². The third-order valence-electron chi connectivity index (χ3n) is 3.31. The third kappa shape index (κ3) is 3.31. The lowest BCUT2D eigenvalue weighted by Crippen LogP contribution is -2.32. The fourth-order valence-electron chi connectivity index (χ4n) is 2.42. The molecule has 0 aliphatic heterocycles. The van der Waals surface area contributed by atoms with Crippen molar-refractivity contribution < 1.29 is 4.74 Å². The Labute approximate surface area is 115 Å². The van der Waals surface area contributed by atoms with E-state index in [1.165, 1.54) is 10.9 Å². The Bertz CT molecular complexity index is 527. The number of nitrogens with one attached hydrogen (secondary N) is 1. The van der Waals surface area contributed by atoms with Crippen LogP contribution in [0.25, 0.3) is 10.9 Å². The van der Waals surface area contributed by atoms with Crippen molar-refractivity contribution in [3.05, 3.63) is 42.1 Å². The molecular formula is C16H22N2O.